The molecular weight excluding hydrogens is 246 g/mol. The normalized spacial score (nSPS) is 15.8. The monoisotopic (exact) mass is 264 g/mol. The molecule has 0 bridgehead atoms. The molecule has 0 fully saturated rings. The van der Waals surface area contributed by atoms with E-state index < -0.39 is 11.6 Å². The first-order valence-corrected chi connectivity index (χ1v) is 6.80. The largest absolute Gasteiger partial charge is 0.341 e. The molecule has 2 heterocycles. The SMILES string of the molecule is CC(C)c1c2n(c3c(F)cc(F)cc13)CCNCC2. The topological polar surface area (TPSA) is 17.0 Å². The van der Waals surface area contributed by atoms with Crippen LogP contribution in [0.5, 0.6) is 0 Å². The predicted molar refractivity (Wildman–Crippen MR) is 72.5 cm³/mol. The van der Waals surface area contributed by atoms with Gasteiger partial charge in [-0.15, -0.1) is 0 Å². The number of rotatable bonds is 1. The summed E-state index contributed by atoms with van der Waals surface area (Å²) < 4.78 is 29.7. The standard InChI is InChI=1S/C15H18F2N2/c1-9(2)14-11-7-10(16)8-12(17)15(11)19-6-5-18-4-3-13(14)19/h7-9,18H,3-6H2,1-2H3. The number of hydrogen-bond donors (Lipinski definition) is 1. The van der Waals surface area contributed by atoms with E-state index in [1.165, 1.54) is 6.07 Å². The van der Waals surface area contributed by atoms with Gasteiger partial charge in [0.25, 0.3) is 0 Å². The van der Waals surface area contributed by atoms with E-state index >= 15 is 0 Å². The molecule has 1 aliphatic heterocycles. The zero-order chi connectivity index (χ0) is 13.6. The lowest BCUT2D eigenvalue weighted by molar-refractivity contribution is 0.582. The number of aromatic nitrogens is 1. The minimum atomic E-state index is -0.495. The van der Waals surface area contributed by atoms with Gasteiger partial charge in [-0.05, 0) is 17.5 Å². The zero-order valence-electron chi connectivity index (χ0n) is 11.3. The third-order valence-electron chi connectivity index (χ3n) is 3.85. The van der Waals surface area contributed by atoms with E-state index in [4.69, 9.17) is 0 Å². The Bertz CT molecular complexity index is 629. The molecule has 1 aromatic heterocycles. The van der Waals surface area contributed by atoms with Gasteiger partial charge in [-0.1, -0.05) is 13.8 Å². The lowest BCUT2D eigenvalue weighted by atomic mass is 9.98. The number of fused-ring (bicyclic) bond motifs is 3. The van der Waals surface area contributed by atoms with Crippen molar-refractivity contribution < 1.29 is 8.78 Å². The minimum Gasteiger partial charge on any atom is -0.341 e. The molecular formula is C15H18F2N2. The van der Waals surface area contributed by atoms with Crippen molar-refractivity contribution in [1.82, 2.24) is 9.88 Å². The molecule has 0 radical (unpaired) electrons. The van der Waals surface area contributed by atoms with Crippen molar-refractivity contribution >= 4 is 10.9 Å². The maximum Gasteiger partial charge on any atom is 0.150 e. The molecule has 0 atom stereocenters. The third kappa shape index (κ3) is 1.94. The molecule has 4 heteroatoms. The number of benzene rings is 1. The van der Waals surface area contributed by atoms with Crippen LogP contribution in [0.1, 0.15) is 31.0 Å². The van der Waals surface area contributed by atoms with Crippen molar-refractivity contribution in [3.05, 3.63) is 35.0 Å². The molecule has 0 saturated carbocycles. The Hall–Kier alpha value is -1.42. The van der Waals surface area contributed by atoms with Gasteiger partial charge >= 0.3 is 0 Å². The van der Waals surface area contributed by atoms with Gasteiger partial charge in [0, 0.05) is 43.2 Å². The molecule has 0 spiro atoms. The molecule has 2 nitrogen and oxygen atoms in total. The number of nitrogens with zero attached hydrogens (tertiary/aromatic N) is 1. The maximum absolute atomic E-state index is 14.2. The first-order valence-electron chi connectivity index (χ1n) is 6.80. The van der Waals surface area contributed by atoms with Crippen molar-refractivity contribution in [2.24, 2.45) is 0 Å². The quantitative estimate of drug-likeness (QED) is 0.837. The lowest BCUT2D eigenvalue weighted by Gasteiger charge is -2.09. The summed E-state index contributed by atoms with van der Waals surface area (Å²) in [6, 6.07) is 2.46. The van der Waals surface area contributed by atoms with Crippen LogP contribution in [-0.4, -0.2) is 17.7 Å². The Labute approximate surface area is 111 Å². The van der Waals surface area contributed by atoms with Crippen molar-refractivity contribution in [3.8, 4) is 0 Å². The van der Waals surface area contributed by atoms with Crippen LogP contribution < -0.4 is 5.32 Å². The van der Waals surface area contributed by atoms with E-state index in [9.17, 15) is 8.78 Å². The van der Waals surface area contributed by atoms with Gasteiger partial charge in [0.05, 0.1) is 5.52 Å². The van der Waals surface area contributed by atoms with Crippen LogP contribution in [0.2, 0.25) is 0 Å². The smallest absolute Gasteiger partial charge is 0.150 e. The summed E-state index contributed by atoms with van der Waals surface area (Å²) in [4.78, 5) is 0. The van der Waals surface area contributed by atoms with Crippen LogP contribution in [0.4, 0.5) is 8.78 Å². The van der Waals surface area contributed by atoms with Crippen molar-refractivity contribution in [1.29, 1.82) is 0 Å². The van der Waals surface area contributed by atoms with Crippen LogP contribution >= 0.6 is 0 Å². The summed E-state index contributed by atoms with van der Waals surface area (Å²) in [5.41, 5.74) is 2.81. The molecule has 1 N–H and O–H groups in total. The number of halogens is 2. The van der Waals surface area contributed by atoms with Crippen molar-refractivity contribution in [2.45, 2.75) is 32.7 Å². The average molecular weight is 264 g/mol. The van der Waals surface area contributed by atoms with Gasteiger partial charge in [0.15, 0.2) is 0 Å². The van der Waals surface area contributed by atoms with Gasteiger partial charge in [-0.3, -0.25) is 0 Å². The van der Waals surface area contributed by atoms with Gasteiger partial charge in [0.2, 0.25) is 0 Å². The fourth-order valence-electron chi connectivity index (χ4n) is 3.16. The first-order chi connectivity index (χ1) is 9.09. The van der Waals surface area contributed by atoms with E-state index in [0.717, 1.165) is 48.8 Å². The van der Waals surface area contributed by atoms with Gasteiger partial charge in [-0.2, -0.15) is 0 Å². The van der Waals surface area contributed by atoms with Gasteiger partial charge in [-0.25, -0.2) is 8.78 Å². The second-order valence-corrected chi connectivity index (χ2v) is 5.45. The van der Waals surface area contributed by atoms with E-state index in [1.54, 1.807) is 0 Å². The second-order valence-electron chi connectivity index (χ2n) is 5.45. The van der Waals surface area contributed by atoms with Crippen LogP contribution in [0.25, 0.3) is 10.9 Å². The Balaban J connectivity index is 2.40. The Morgan fingerprint density at radius 3 is 2.74 bits per heavy atom. The summed E-state index contributed by atoms with van der Waals surface area (Å²) in [5, 5.41) is 4.06. The Morgan fingerprint density at radius 1 is 1.21 bits per heavy atom. The second kappa shape index (κ2) is 4.60. The summed E-state index contributed by atoms with van der Waals surface area (Å²) in [6.07, 6.45) is 0.864. The van der Waals surface area contributed by atoms with Crippen LogP contribution in [0.3, 0.4) is 0 Å². The molecule has 0 unspecified atom stereocenters. The first kappa shape index (κ1) is 12.6. The molecule has 1 aliphatic rings. The highest BCUT2D eigenvalue weighted by Gasteiger charge is 2.23. The molecule has 1 aromatic carbocycles. The van der Waals surface area contributed by atoms with Crippen molar-refractivity contribution in [3.63, 3.8) is 0 Å². The third-order valence-corrected chi connectivity index (χ3v) is 3.85. The molecule has 19 heavy (non-hydrogen) atoms. The molecule has 3 rings (SSSR count). The average Bonchev–Trinajstić information content (AvgIpc) is 2.48. The van der Waals surface area contributed by atoms with E-state index in [-0.39, 0.29) is 5.92 Å². The summed E-state index contributed by atoms with van der Waals surface area (Å²) >= 11 is 0. The number of nitrogens with one attached hydrogen (secondary N) is 1. The number of hydrogen-bond acceptors (Lipinski definition) is 1. The van der Waals surface area contributed by atoms with Crippen molar-refractivity contribution in [2.75, 3.05) is 13.1 Å². The molecule has 2 aromatic rings. The van der Waals surface area contributed by atoms with Gasteiger partial charge < -0.3 is 9.88 Å². The fourth-order valence-corrected chi connectivity index (χ4v) is 3.16. The highest BCUT2D eigenvalue weighted by atomic mass is 19.1. The van der Waals surface area contributed by atoms with Crippen LogP contribution in [0, 0.1) is 11.6 Å². The highest BCUT2D eigenvalue weighted by Crippen LogP contribution is 2.34. The fraction of sp³-hybridized carbons (Fsp3) is 0.467. The highest BCUT2D eigenvalue weighted by molar-refractivity contribution is 5.87. The van der Waals surface area contributed by atoms with E-state index in [1.807, 2.05) is 4.57 Å². The predicted octanol–water partition coefficient (Wildman–Crippen LogP) is 3.19. The summed E-state index contributed by atoms with van der Waals surface area (Å²) in [5.74, 6) is -0.686. The minimum absolute atomic E-state index is 0.262. The maximum atomic E-state index is 14.2. The molecule has 102 valence electrons. The van der Waals surface area contributed by atoms with Crippen LogP contribution in [0.15, 0.2) is 12.1 Å². The van der Waals surface area contributed by atoms with E-state index in [0.29, 0.717) is 5.52 Å². The molecule has 0 aliphatic carbocycles. The lowest BCUT2D eigenvalue weighted by Crippen LogP contribution is -2.17. The van der Waals surface area contributed by atoms with Gasteiger partial charge in [0.1, 0.15) is 11.6 Å². The molecule has 0 saturated heterocycles. The van der Waals surface area contributed by atoms with E-state index in [2.05, 4.69) is 19.2 Å². The van der Waals surface area contributed by atoms with Crippen LogP contribution in [-0.2, 0) is 13.0 Å². The molecule has 0 amide bonds. The Kier molecular flexibility index (Phi) is 3.05. The Morgan fingerprint density at radius 2 is 2.00 bits per heavy atom. The summed E-state index contributed by atoms with van der Waals surface area (Å²) in [6.45, 7) is 6.61. The zero-order valence-corrected chi connectivity index (χ0v) is 11.3. The summed E-state index contributed by atoms with van der Waals surface area (Å²) in [7, 11) is 0.